The van der Waals surface area contributed by atoms with Crippen LogP contribution in [0.5, 0.6) is 11.5 Å². The number of hydrogen-bond donors (Lipinski definition) is 2. The number of benzene rings is 2. The summed E-state index contributed by atoms with van der Waals surface area (Å²) in [5, 5.41) is 11.8. The van der Waals surface area contributed by atoms with E-state index >= 15 is 0 Å². The number of carbonyl (C=O) groups excluding carboxylic acids is 1. The van der Waals surface area contributed by atoms with Gasteiger partial charge in [-0.3, -0.25) is 4.79 Å². The summed E-state index contributed by atoms with van der Waals surface area (Å²) in [7, 11) is 1.38. The maximum absolute atomic E-state index is 12.3. The van der Waals surface area contributed by atoms with Gasteiger partial charge in [-0.15, -0.1) is 0 Å². The van der Waals surface area contributed by atoms with Crippen molar-refractivity contribution in [1.82, 2.24) is 0 Å². The summed E-state index contributed by atoms with van der Waals surface area (Å²) in [6, 6.07) is 11.2. The fraction of sp³-hybridized carbons (Fsp3) is 0.263. The van der Waals surface area contributed by atoms with E-state index in [4.69, 9.17) is 14.6 Å². The highest BCUT2D eigenvalue weighted by Crippen LogP contribution is 2.24. The van der Waals surface area contributed by atoms with Crippen LogP contribution in [0.1, 0.15) is 41.5 Å². The Morgan fingerprint density at radius 2 is 1.68 bits per heavy atom. The minimum absolute atomic E-state index is 0.0316. The largest absolute Gasteiger partial charge is 0.496 e. The van der Waals surface area contributed by atoms with Crippen molar-refractivity contribution in [3.05, 3.63) is 53.6 Å². The van der Waals surface area contributed by atoms with E-state index < -0.39 is 5.97 Å². The zero-order chi connectivity index (χ0) is 18.6. The Morgan fingerprint density at radius 3 is 2.20 bits per heavy atom. The minimum Gasteiger partial charge on any atom is -0.496 e. The van der Waals surface area contributed by atoms with Crippen LogP contribution in [0.15, 0.2) is 42.5 Å². The van der Waals surface area contributed by atoms with Gasteiger partial charge in [-0.2, -0.15) is 0 Å². The van der Waals surface area contributed by atoms with Gasteiger partial charge in [0.05, 0.1) is 7.11 Å². The maximum Gasteiger partial charge on any atom is 0.339 e. The van der Waals surface area contributed by atoms with E-state index in [-0.39, 0.29) is 22.8 Å². The number of hydrogen-bond acceptors (Lipinski definition) is 4. The molecule has 2 aromatic carbocycles. The topological polar surface area (TPSA) is 84.9 Å². The Kier molecular flexibility index (Phi) is 5.32. The number of carboxylic acids is 1. The average molecular weight is 343 g/mol. The molecule has 0 heterocycles. The van der Waals surface area contributed by atoms with Crippen molar-refractivity contribution >= 4 is 17.6 Å². The fourth-order valence-corrected chi connectivity index (χ4v) is 2.18. The van der Waals surface area contributed by atoms with Gasteiger partial charge in [-0.25, -0.2) is 4.79 Å². The van der Waals surface area contributed by atoms with E-state index in [0.717, 1.165) is 0 Å². The van der Waals surface area contributed by atoms with Gasteiger partial charge in [-0.05, 0) is 57.2 Å². The van der Waals surface area contributed by atoms with Crippen LogP contribution in [0, 0.1) is 0 Å². The molecular weight excluding hydrogens is 322 g/mol. The highest BCUT2D eigenvalue weighted by Gasteiger charge is 2.14. The van der Waals surface area contributed by atoms with Gasteiger partial charge >= 0.3 is 5.97 Å². The van der Waals surface area contributed by atoms with Crippen LogP contribution >= 0.6 is 0 Å². The van der Waals surface area contributed by atoms with Gasteiger partial charge in [0.1, 0.15) is 22.7 Å². The van der Waals surface area contributed by atoms with Gasteiger partial charge in [0.15, 0.2) is 0 Å². The Bertz CT molecular complexity index is 775. The average Bonchev–Trinajstić information content (AvgIpc) is 2.53. The first kappa shape index (κ1) is 18.3. The standard InChI is InChI=1S/C19H21NO5/c1-19(2,3)25-14-8-5-12(6-9-14)17(21)20-13-7-10-15(18(22)23)16(11-13)24-4/h5-11H,1-4H3,(H,20,21)(H,22,23). The monoisotopic (exact) mass is 343 g/mol. The molecule has 0 aliphatic rings. The minimum atomic E-state index is -1.09. The lowest BCUT2D eigenvalue weighted by Crippen LogP contribution is -2.23. The molecule has 2 aromatic rings. The normalized spacial score (nSPS) is 10.9. The molecule has 6 nitrogen and oxygen atoms in total. The first-order chi connectivity index (χ1) is 11.7. The van der Waals surface area contributed by atoms with Crippen LogP contribution < -0.4 is 14.8 Å². The summed E-state index contributed by atoms with van der Waals surface area (Å²) in [5.41, 5.74) is 0.625. The summed E-state index contributed by atoms with van der Waals surface area (Å²) in [6.07, 6.45) is 0. The molecule has 0 atom stereocenters. The van der Waals surface area contributed by atoms with Gasteiger partial charge < -0.3 is 19.9 Å². The number of carbonyl (C=O) groups is 2. The van der Waals surface area contributed by atoms with Gasteiger partial charge in [0.25, 0.3) is 5.91 Å². The second-order valence-corrected chi connectivity index (χ2v) is 6.41. The SMILES string of the molecule is COc1cc(NC(=O)c2ccc(OC(C)(C)C)cc2)ccc1C(=O)O. The van der Waals surface area contributed by atoms with Crippen LogP contribution in [0.4, 0.5) is 5.69 Å². The van der Waals surface area contributed by atoms with Crippen LogP contribution in [-0.2, 0) is 0 Å². The third-order valence-electron chi connectivity index (χ3n) is 3.23. The quantitative estimate of drug-likeness (QED) is 0.862. The molecule has 0 saturated heterocycles. The number of amides is 1. The smallest absolute Gasteiger partial charge is 0.339 e. The molecule has 2 rings (SSSR count). The van der Waals surface area contributed by atoms with Crippen molar-refractivity contribution < 1.29 is 24.2 Å². The molecule has 0 bridgehead atoms. The van der Waals surface area contributed by atoms with Crippen LogP contribution in [-0.4, -0.2) is 29.7 Å². The molecule has 0 spiro atoms. The highest BCUT2D eigenvalue weighted by molar-refractivity contribution is 6.04. The number of carboxylic acid groups (broad SMARTS) is 1. The van der Waals surface area contributed by atoms with Gasteiger partial charge in [0.2, 0.25) is 0 Å². The Labute approximate surface area is 146 Å². The second-order valence-electron chi connectivity index (χ2n) is 6.41. The van der Waals surface area contributed by atoms with Crippen molar-refractivity contribution in [1.29, 1.82) is 0 Å². The third kappa shape index (κ3) is 4.97. The van der Waals surface area contributed by atoms with Crippen molar-refractivity contribution in [3.63, 3.8) is 0 Å². The molecule has 132 valence electrons. The van der Waals surface area contributed by atoms with E-state index in [1.54, 1.807) is 24.3 Å². The first-order valence-corrected chi connectivity index (χ1v) is 7.71. The maximum atomic E-state index is 12.3. The molecule has 1 amide bonds. The second kappa shape index (κ2) is 7.25. The number of methoxy groups -OCH3 is 1. The van der Waals surface area contributed by atoms with E-state index in [1.165, 1.54) is 25.3 Å². The van der Waals surface area contributed by atoms with Gasteiger partial charge in [-0.1, -0.05) is 0 Å². The molecule has 0 aromatic heterocycles. The molecule has 0 radical (unpaired) electrons. The summed E-state index contributed by atoms with van der Waals surface area (Å²) >= 11 is 0. The molecule has 2 N–H and O–H groups in total. The lowest BCUT2D eigenvalue weighted by Gasteiger charge is -2.21. The van der Waals surface area contributed by atoms with Crippen molar-refractivity contribution in [2.75, 3.05) is 12.4 Å². The van der Waals surface area contributed by atoms with Crippen LogP contribution in [0.25, 0.3) is 0 Å². The Morgan fingerprint density at radius 1 is 1.04 bits per heavy atom. The number of nitrogens with one attached hydrogen (secondary N) is 1. The third-order valence-corrected chi connectivity index (χ3v) is 3.23. The van der Waals surface area contributed by atoms with E-state index in [9.17, 15) is 9.59 Å². The molecular formula is C19H21NO5. The van der Waals surface area contributed by atoms with Gasteiger partial charge in [0, 0.05) is 17.3 Å². The summed E-state index contributed by atoms with van der Waals surface area (Å²) < 4.78 is 10.8. The summed E-state index contributed by atoms with van der Waals surface area (Å²) in [5.74, 6) is -0.549. The molecule has 0 saturated carbocycles. The molecule has 0 fully saturated rings. The van der Waals surface area contributed by atoms with Crippen molar-refractivity contribution in [2.45, 2.75) is 26.4 Å². The zero-order valence-corrected chi connectivity index (χ0v) is 14.6. The lowest BCUT2D eigenvalue weighted by atomic mass is 10.1. The highest BCUT2D eigenvalue weighted by atomic mass is 16.5. The summed E-state index contributed by atoms with van der Waals surface area (Å²) in [4.78, 5) is 23.4. The number of anilines is 1. The van der Waals surface area contributed by atoms with Crippen molar-refractivity contribution in [2.24, 2.45) is 0 Å². The first-order valence-electron chi connectivity index (χ1n) is 7.71. The van der Waals surface area contributed by atoms with E-state index in [2.05, 4.69) is 5.32 Å². The molecule has 0 aliphatic heterocycles. The predicted molar refractivity (Wildman–Crippen MR) is 94.7 cm³/mol. The lowest BCUT2D eigenvalue weighted by molar-refractivity contribution is 0.0693. The van der Waals surface area contributed by atoms with Crippen LogP contribution in [0.3, 0.4) is 0 Å². The number of ether oxygens (including phenoxy) is 2. The van der Waals surface area contributed by atoms with Crippen LogP contribution in [0.2, 0.25) is 0 Å². The van der Waals surface area contributed by atoms with Crippen molar-refractivity contribution in [3.8, 4) is 11.5 Å². The molecule has 0 unspecified atom stereocenters. The Hall–Kier alpha value is -3.02. The van der Waals surface area contributed by atoms with E-state index in [0.29, 0.717) is 17.0 Å². The molecule has 6 heteroatoms. The predicted octanol–water partition coefficient (Wildman–Crippen LogP) is 3.82. The number of aromatic carboxylic acids is 1. The van der Waals surface area contributed by atoms with E-state index in [1.807, 2.05) is 20.8 Å². The zero-order valence-electron chi connectivity index (χ0n) is 14.6. The number of rotatable bonds is 5. The molecule has 25 heavy (non-hydrogen) atoms. The Balaban J connectivity index is 2.13. The summed E-state index contributed by atoms with van der Waals surface area (Å²) in [6.45, 7) is 5.84. The molecule has 0 aliphatic carbocycles. The fourth-order valence-electron chi connectivity index (χ4n) is 2.18.